The van der Waals surface area contributed by atoms with E-state index >= 15 is 0 Å². The topological polar surface area (TPSA) is 46.2 Å². The van der Waals surface area contributed by atoms with Crippen molar-refractivity contribution in [3.8, 4) is 0 Å². The summed E-state index contributed by atoms with van der Waals surface area (Å²) in [5, 5.41) is 9.25. The molecule has 3 heteroatoms. The molecule has 0 aromatic heterocycles. The van der Waals surface area contributed by atoms with E-state index in [0.29, 0.717) is 5.25 Å². The second-order valence-electron chi connectivity index (χ2n) is 3.38. The highest BCUT2D eigenvalue weighted by Gasteiger charge is 2.02. The fourth-order valence-corrected chi connectivity index (χ4v) is 2.12. The zero-order valence-corrected chi connectivity index (χ0v) is 9.26. The summed E-state index contributed by atoms with van der Waals surface area (Å²) in [6, 6.07) is 7.95. The van der Waals surface area contributed by atoms with Crippen LogP contribution in [0.4, 0.5) is 5.69 Å². The van der Waals surface area contributed by atoms with E-state index in [1.807, 2.05) is 30.0 Å². The van der Waals surface area contributed by atoms with E-state index in [0.717, 1.165) is 17.9 Å². The van der Waals surface area contributed by atoms with Crippen molar-refractivity contribution in [1.82, 2.24) is 0 Å². The third-order valence-electron chi connectivity index (χ3n) is 2.02. The first kappa shape index (κ1) is 11.4. The van der Waals surface area contributed by atoms with Gasteiger partial charge in [-0.2, -0.15) is 11.8 Å². The number of aliphatic hydroxyl groups excluding tert-OH is 1. The Morgan fingerprint density at radius 3 is 2.93 bits per heavy atom. The van der Waals surface area contributed by atoms with Crippen molar-refractivity contribution in [1.29, 1.82) is 0 Å². The smallest absolute Gasteiger partial charge is 0.0441 e. The van der Waals surface area contributed by atoms with Gasteiger partial charge in [0.25, 0.3) is 0 Å². The lowest BCUT2D eigenvalue weighted by Gasteiger charge is -2.09. The summed E-state index contributed by atoms with van der Waals surface area (Å²) < 4.78 is 0. The normalized spacial score (nSPS) is 12.7. The summed E-state index contributed by atoms with van der Waals surface area (Å²) in [5.74, 6) is 0.964. The van der Waals surface area contributed by atoms with Crippen LogP contribution >= 0.6 is 11.8 Å². The second kappa shape index (κ2) is 5.94. The van der Waals surface area contributed by atoms with Crippen LogP contribution in [0.3, 0.4) is 0 Å². The van der Waals surface area contributed by atoms with Gasteiger partial charge < -0.3 is 10.8 Å². The van der Waals surface area contributed by atoms with Gasteiger partial charge >= 0.3 is 0 Å². The van der Waals surface area contributed by atoms with E-state index in [-0.39, 0.29) is 6.61 Å². The van der Waals surface area contributed by atoms with Gasteiger partial charge in [-0.15, -0.1) is 0 Å². The largest absolute Gasteiger partial charge is 0.399 e. The Balaban J connectivity index is 2.37. The first-order chi connectivity index (χ1) is 6.72. The molecule has 0 aliphatic carbocycles. The third kappa shape index (κ3) is 4.03. The molecule has 1 unspecified atom stereocenters. The van der Waals surface area contributed by atoms with Gasteiger partial charge in [-0.1, -0.05) is 19.1 Å². The van der Waals surface area contributed by atoms with E-state index in [9.17, 15) is 0 Å². The van der Waals surface area contributed by atoms with Crippen LogP contribution in [0.15, 0.2) is 24.3 Å². The van der Waals surface area contributed by atoms with E-state index in [1.54, 1.807) is 0 Å². The standard InChI is InChI=1S/C11H17NOS/c1-9(5-6-13)14-8-10-3-2-4-11(12)7-10/h2-4,7,9,13H,5-6,8,12H2,1H3. The SMILES string of the molecule is CC(CCO)SCc1cccc(N)c1. The molecule has 1 atom stereocenters. The fraction of sp³-hybridized carbons (Fsp3) is 0.455. The molecular weight excluding hydrogens is 194 g/mol. The van der Waals surface area contributed by atoms with Gasteiger partial charge in [0.05, 0.1) is 0 Å². The number of hydrogen-bond acceptors (Lipinski definition) is 3. The Morgan fingerprint density at radius 2 is 2.29 bits per heavy atom. The molecule has 1 aromatic carbocycles. The zero-order chi connectivity index (χ0) is 10.4. The highest BCUT2D eigenvalue weighted by Crippen LogP contribution is 2.20. The molecule has 0 aliphatic rings. The van der Waals surface area contributed by atoms with Gasteiger partial charge in [-0.05, 0) is 24.1 Å². The van der Waals surface area contributed by atoms with Crippen LogP contribution in [0.25, 0.3) is 0 Å². The van der Waals surface area contributed by atoms with Crippen molar-refractivity contribution in [3.63, 3.8) is 0 Å². The first-order valence-electron chi connectivity index (χ1n) is 4.79. The number of thioether (sulfide) groups is 1. The molecule has 0 spiro atoms. The van der Waals surface area contributed by atoms with Crippen molar-refractivity contribution < 1.29 is 5.11 Å². The van der Waals surface area contributed by atoms with Gasteiger partial charge in [-0.3, -0.25) is 0 Å². The van der Waals surface area contributed by atoms with Crippen LogP contribution < -0.4 is 5.73 Å². The lowest BCUT2D eigenvalue weighted by Crippen LogP contribution is -2.00. The van der Waals surface area contributed by atoms with E-state index in [2.05, 4.69) is 13.0 Å². The predicted octanol–water partition coefficient (Wildman–Crippen LogP) is 2.27. The number of benzene rings is 1. The Labute approximate surface area is 89.5 Å². The molecule has 3 N–H and O–H groups in total. The molecule has 0 saturated carbocycles. The summed E-state index contributed by atoms with van der Waals surface area (Å²) >= 11 is 1.85. The summed E-state index contributed by atoms with van der Waals surface area (Å²) in [4.78, 5) is 0. The molecule has 0 fully saturated rings. The number of nitrogen functional groups attached to an aromatic ring is 1. The maximum Gasteiger partial charge on any atom is 0.0441 e. The molecule has 14 heavy (non-hydrogen) atoms. The number of aliphatic hydroxyl groups is 1. The number of anilines is 1. The molecule has 0 heterocycles. The monoisotopic (exact) mass is 211 g/mol. The molecule has 0 aliphatic heterocycles. The minimum Gasteiger partial charge on any atom is -0.399 e. The lowest BCUT2D eigenvalue weighted by molar-refractivity contribution is 0.289. The van der Waals surface area contributed by atoms with Crippen molar-refractivity contribution in [2.45, 2.75) is 24.3 Å². The van der Waals surface area contributed by atoms with Gasteiger partial charge in [0.1, 0.15) is 0 Å². The molecule has 0 amide bonds. The van der Waals surface area contributed by atoms with Crippen molar-refractivity contribution in [2.75, 3.05) is 12.3 Å². The maximum absolute atomic E-state index is 8.74. The second-order valence-corrected chi connectivity index (χ2v) is 4.81. The number of rotatable bonds is 5. The van der Waals surface area contributed by atoms with Crippen LogP contribution in [0.1, 0.15) is 18.9 Å². The van der Waals surface area contributed by atoms with E-state index < -0.39 is 0 Å². The van der Waals surface area contributed by atoms with Crippen LogP contribution in [0, 0.1) is 0 Å². The molecule has 78 valence electrons. The summed E-state index contributed by atoms with van der Waals surface area (Å²) in [5.41, 5.74) is 7.74. The molecule has 1 rings (SSSR count). The third-order valence-corrected chi connectivity index (χ3v) is 3.33. The minimum absolute atomic E-state index is 0.269. The Morgan fingerprint density at radius 1 is 1.50 bits per heavy atom. The summed E-state index contributed by atoms with van der Waals surface area (Å²) in [6.45, 7) is 2.40. The van der Waals surface area contributed by atoms with Crippen molar-refractivity contribution in [3.05, 3.63) is 29.8 Å². The van der Waals surface area contributed by atoms with Gasteiger partial charge in [0.2, 0.25) is 0 Å². The summed E-state index contributed by atoms with van der Waals surface area (Å²) in [6.07, 6.45) is 0.854. The Hall–Kier alpha value is -0.670. The molecule has 1 aromatic rings. The van der Waals surface area contributed by atoms with Crippen molar-refractivity contribution >= 4 is 17.4 Å². The average Bonchev–Trinajstić information content (AvgIpc) is 2.15. The zero-order valence-electron chi connectivity index (χ0n) is 8.44. The summed E-state index contributed by atoms with van der Waals surface area (Å²) in [7, 11) is 0. The van der Waals surface area contributed by atoms with Crippen LogP contribution in [0.5, 0.6) is 0 Å². The van der Waals surface area contributed by atoms with Gasteiger partial charge in [0.15, 0.2) is 0 Å². The first-order valence-corrected chi connectivity index (χ1v) is 5.84. The highest BCUT2D eigenvalue weighted by molar-refractivity contribution is 7.99. The van der Waals surface area contributed by atoms with Crippen molar-refractivity contribution in [2.24, 2.45) is 0 Å². The average molecular weight is 211 g/mol. The number of nitrogens with two attached hydrogens (primary N) is 1. The lowest BCUT2D eigenvalue weighted by atomic mass is 10.2. The maximum atomic E-state index is 8.74. The fourth-order valence-electron chi connectivity index (χ4n) is 1.19. The van der Waals surface area contributed by atoms with Crippen LogP contribution in [-0.4, -0.2) is 17.0 Å². The van der Waals surface area contributed by atoms with E-state index in [1.165, 1.54) is 5.56 Å². The Kier molecular flexibility index (Phi) is 4.84. The highest BCUT2D eigenvalue weighted by atomic mass is 32.2. The van der Waals surface area contributed by atoms with Crippen LogP contribution in [-0.2, 0) is 5.75 Å². The quantitative estimate of drug-likeness (QED) is 0.734. The predicted molar refractivity (Wildman–Crippen MR) is 63.3 cm³/mol. The van der Waals surface area contributed by atoms with Gasteiger partial charge in [-0.25, -0.2) is 0 Å². The van der Waals surface area contributed by atoms with Gasteiger partial charge in [0, 0.05) is 23.3 Å². The van der Waals surface area contributed by atoms with E-state index in [4.69, 9.17) is 10.8 Å². The molecular formula is C11H17NOS. The molecule has 0 bridgehead atoms. The minimum atomic E-state index is 0.269. The molecule has 2 nitrogen and oxygen atoms in total. The molecule has 0 saturated heterocycles. The Bertz CT molecular complexity index is 278. The number of hydrogen-bond donors (Lipinski definition) is 2. The molecule has 0 radical (unpaired) electrons. The van der Waals surface area contributed by atoms with Crippen LogP contribution in [0.2, 0.25) is 0 Å².